The number of aromatic nitrogens is 3. The van der Waals surface area contributed by atoms with Crippen LogP contribution in [0.15, 0.2) is 71.4 Å². The van der Waals surface area contributed by atoms with Crippen molar-refractivity contribution in [2.24, 2.45) is 5.16 Å². The van der Waals surface area contributed by atoms with Gasteiger partial charge in [0.2, 0.25) is 5.71 Å². The number of hydrogen-bond donors (Lipinski definition) is 3. The van der Waals surface area contributed by atoms with Crippen molar-refractivity contribution in [3.8, 4) is 0 Å². The minimum Gasteiger partial charge on any atom is -0.477 e. The molecule has 2 aromatic rings. The molecule has 1 aliphatic carbocycles. The highest BCUT2D eigenvalue weighted by Gasteiger charge is 2.54. The van der Waals surface area contributed by atoms with Crippen LogP contribution in [0.25, 0.3) is 0 Å². The van der Waals surface area contributed by atoms with E-state index >= 15 is 0 Å². The molecule has 0 radical (unpaired) electrons. The van der Waals surface area contributed by atoms with Crippen molar-refractivity contribution in [3.05, 3.63) is 72.1 Å². The summed E-state index contributed by atoms with van der Waals surface area (Å²) in [6.45, 7) is 0.333. The van der Waals surface area contributed by atoms with E-state index in [1.165, 1.54) is 28.9 Å². The number of nitrogens with zero attached hydrogens (tertiary/aromatic N) is 5. The van der Waals surface area contributed by atoms with Crippen molar-refractivity contribution in [2.45, 2.75) is 36.9 Å². The number of nitrogens with two attached hydrogens (primary N) is 1. The van der Waals surface area contributed by atoms with Crippen molar-refractivity contribution in [3.63, 3.8) is 0 Å². The molecule has 3 atom stereocenters. The average Bonchev–Trinajstić information content (AvgIpc) is 3.41. The van der Waals surface area contributed by atoms with Crippen LogP contribution in [0.3, 0.4) is 0 Å². The summed E-state index contributed by atoms with van der Waals surface area (Å²) in [7, 11) is 0. The van der Waals surface area contributed by atoms with Gasteiger partial charge in [-0.15, -0.1) is 11.8 Å². The Labute approximate surface area is 215 Å². The second kappa shape index (κ2) is 10.4. The Balaban J connectivity index is 1.35. The van der Waals surface area contributed by atoms with Gasteiger partial charge in [0.25, 0.3) is 11.8 Å². The molecule has 1 saturated heterocycles. The number of carbonyl (C=O) groups is 3. The van der Waals surface area contributed by atoms with Gasteiger partial charge >= 0.3 is 5.97 Å². The first-order valence-corrected chi connectivity index (χ1v) is 12.6. The first-order chi connectivity index (χ1) is 17.9. The fraction of sp³-hybridized carbons (Fsp3) is 0.292. The Bertz CT molecular complexity index is 1330. The molecular weight excluding hydrogens is 498 g/mol. The summed E-state index contributed by atoms with van der Waals surface area (Å²) < 4.78 is 1.84. The van der Waals surface area contributed by atoms with Gasteiger partial charge in [-0.1, -0.05) is 17.3 Å². The molecule has 5 rings (SSSR count). The number of carboxylic acid groups (broad SMARTS) is 1. The fourth-order valence-electron chi connectivity index (χ4n) is 4.26. The molecule has 2 amide bonds. The maximum atomic E-state index is 13.2. The van der Waals surface area contributed by atoms with E-state index in [0.29, 0.717) is 17.9 Å². The molecule has 0 bridgehead atoms. The quantitative estimate of drug-likeness (QED) is 0.145. The van der Waals surface area contributed by atoms with E-state index < -0.39 is 29.2 Å². The lowest BCUT2D eigenvalue weighted by Gasteiger charge is -2.49. The second-order valence-electron chi connectivity index (χ2n) is 8.56. The van der Waals surface area contributed by atoms with E-state index in [2.05, 4.69) is 20.4 Å². The zero-order chi connectivity index (χ0) is 25.9. The van der Waals surface area contributed by atoms with Crippen LogP contribution in [-0.4, -0.2) is 66.7 Å². The summed E-state index contributed by atoms with van der Waals surface area (Å²) in [5.41, 5.74) is 6.08. The predicted octanol–water partition coefficient (Wildman–Crippen LogP) is 0.224. The molecule has 2 aromatic heterocycles. The molecule has 37 heavy (non-hydrogen) atoms. The highest BCUT2D eigenvalue weighted by molar-refractivity contribution is 8.00. The summed E-state index contributed by atoms with van der Waals surface area (Å²) in [4.78, 5) is 53.3. The summed E-state index contributed by atoms with van der Waals surface area (Å²) in [6.07, 6.45) is 10.1. The third-order valence-corrected chi connectivity index (χ3v) is 7.38. The zero-order valence-electron chi connectivity index (χ0n) is 19.6. The van der Waals surface area contributed by atoms with Gasteiger partial charge in [-0.05, 0) is 25.0 Å². The lowest BCUT2D eigenvalue weighted by Crippen LogP contribution is -2.71. The molecular formula is C24H24N7O5S+. The maximum absolute atomic E-state index is 13.2. The van der Waals surface area contributed by atoms with Crippen LogP contribution in [0.1, 0.15) is 18.7 Å². The van der Waals surface area contributed by atoms with Crippen molar-refractivity contribution in [1.29, 1.82) is 0 Å². The Hall–Kier alpha value is -4.26. The Kier molecular flexibility index (Phi) is 6.86. The van der Waals surface area contributed by atoms with Crippen LogP contribution in [0.2, 0.25) is 0 Å². The molecule has 3 aliphatic rings. The normalized spacial score (nSPS) is 22.9. The van der Waals surface area contributed by atoms with Crippen LogP contribution in [-0.2, 0) is 25.8 Å². The Morgan fingerprint density at radius 2 is 2.14 bits per heavy atom. The molecule has 4 N–H and O–H groups in total. The molecule has 0 saturated carbocycles. The predicted molar refractivity (Wildman–Crippen MR) is 133 cm³/mol. The zero-order valence-corrected chi connectivity index (χ0v) is 20.4. The van der Waals surface area contributed by atoms with Gasteiger partial charge in [-0.25, -0.2) is 19.3 Å². The number of carboxylic acids is 1. The number of allylic oxidation sites excluding steroid dienone is 1. The number of amides is 2. The molecule has 2 unspecified atom stereocenters. The number of pyridine rings is 1. The number of nitrogens with one attached hydrogen (secondary N) is 1. The molecule has 1 fully saturated rings. The van der Waals surface area contributed by atoms with E-state index in [4.69, 9.17) is 10.6 Å². The topological polar surface area (TPSA) is 164 Å². The highest BCUT2D eigenvalue weighted by Crippen LogP contribution is 2.40. The van der Waals surface area contributed by atoms with Crippen molar-refractivity contribution >= 4 is 41.1 Å². The number of aliphatic carboxylic acids is 1. The maximum Gasteiger partial charge on any atom is 0.352 e. The fourth-order valence-corrected chi connectivity index (χ4v) is 5.59. The van der Waals surface area contributed by atoms with E-state index in [1.807, 2.05) is 47.3 Å². The third kappa shape index (κ3) is 5.03. The smallest absolute Gasteiger partial charge is 0.352 e. The van der Waals surface area contributed by atoms with Crippen LogP contribution in [0.4, 0.5) is 5.82 Å². The minimum absolute atomic E-state index is 0.0484. The number of thioether (sulfide) groups is 1. The monoisotopic (exact) mass is 522 g/mol. The lowest BCUT2D eigenvalue weighted by molar-refractivity contribution is -0.689. The van der Waals surface area contributed by atoms with Gasteiger partial charge in [-0.2, -0.15) is 0 Å². The first-order valence-electron chi connectivity index (χ1n) is 11.6. The van der Waals surface area contributed by atoms with Gasteiger partial charge in [0, 0.05) is 29.7 Å². The summed E-state index contributed by atoms with van der Waals surface area (Å²) >= 11 is 1.38. The van der Waals surface area contributed by atoms with Crippen molar-refractivity contribution in [2.75, 3.05) is 11.5 Å². The van der Waals surface area contributed by atoms with Crippen molar-refractivity contribution < 1.29 is 28.9 Å². The standard InChI is InChI=1S/C24H23N7O5S/c25-16-8-9-26-20(27-16)17(29-36-15-6-2-3-7-15)21(32)28-18-22(33)31-19(24(34)35)14(13-37-23(18)31)12-30-10-4-1-5-11-30/h1-2,4-6,8-11,15,18,23H,3,7,12-13H2,(H3-,25,26,27,28,32,34,35)/p+1/b29-17-/t15?,18?,23-/m1/s1. The molecule has 4 heterocycles. The SMILES string of the molecule is Nc1ccnc(/C(=N/OC2C=CCC2)C(=O)NC2C(=O)N3C(C(=O)O)=C(C[n+]4ccccc4)CS[C@H]23)n1. The minimum atomic E-state index is -1.19. The highest BCUT2D eigenvalue weighted by atomic mass is 32.2. The van der Waals surface area contributed by atoms with Crippen LogP contribution >= 0.6 is 11.8 Å². The van der Waals surface area contributed by atoms with Gasteiger partial charge in [0.1, 0.15) is 29.0 Å². The van der Waals surface area contributed by atoms with Crippen molar-refractivity contribution in [1.82, 2.24) is 20.2 Å². The Morgan fingerprint density at radius 1 is 1.32 bits per heavy atom. The van der Waals surface area contributed by atoms with Gasteiger partial charge < -0.3 is 21.0 Å². The molecule has 190 valence electrons. The van der Waals surface area contributed by atoms with Crippen LogP contribution in [0, 0.1) is 0 Å². The molecule has 13 heteroatoms. The molecule has 0 spiro atoms. The third-order valence-electron chi connectivity index (χ3n) is 6.04. The molecule has 0 aromatic carbocycles. The second-order valence-corrected chi connectivity index (χ2v) is 9.67. The summed E-state index contributed by atoms with van der Waals surface area (Å²) in [5, 5.41) is 16.0. The molecule has 12 nitrogen and oxygen atoms in total. The first kappa shape index (κ1) is 24.4. The number of anilines is 1. The van der Waals surface area contributed by atoms with E-state index in [0.717, 1.165) is 12.8 Å². The Morgan fingerprint density at radius 3 is 2.84 bits per heavy atom. The number of nitrogen functional groups attached to an aromatic ring is 1. The number of carbonyl (C=O) groups excluding carboxylic acids is 2. The van der Waals surface area contributed by atoms with Gasteiger partial charge in [0.05, 0.1) is 0 Å². The van der Waals surface area contributed by atoms with E-state index in [9.17, 15) is 19.5 Å². The van der Waals surface area contributed by atoms with E-state index in [-0.39, 0.29) is 29.2 Å². The largest absolute Gasteiger partial charge is 0.477 e. The number of fused-ring (bicyclic) bond motifs is 1. The summed E-state index contributed by atoms with van der Waals surface area (Å²) in [6, 6.07) is 6.07. The van der Waals surface area contributed by atoms with Crippen LogP contribution in [0.5, 0.6) is 0 Å². The summed E-state index contributed by atoms with van der Waals surface area (Å²) in [5.74, 6) is -1.96. The average molecular weight is 523 g/mol. The number of rotatable bonds is 8. The lowest BCUT2D eigenvalue weighted by atomic mass is 10.0. The number of oxime groups is 1. The van der Waals surface area contributed by atoms with Gasteiger partial charge in [0.15, 0.2) is 24.8 Å². The number of hydrogen-bond acceptors (Lipinski definition) is 9. The molecule has 2 aliphatic heterocycles. The number of β-lactam (4-membered cyclic amide) rings is 1. The van der Waals surface area contributed by atoms with Crippen LogP contribution < -0.4 is 15.6 Å². The van der Waals surface area contributed by atoms with E-state index in [1.54, 1.807) is 0 Å². The van der Waals surface area contributed by atoms with Gasteiger partial charge in [-0.3, -0.25) is 14.5 Å².